The number of carbonyl (C=O) groups excluding carboxylic acids is 1. The first-order valence-corrected chi connectivity index (χ1v) is 5.34. The molecule has 0 radical (unpaired) electrons. The summed E-state index contributed by atoms with van der Waals surface area (Å²) in [4.78, 5) is 12.1. The fraction of sp³-hybridized carbons (Fsp3) is 0.133. The Morgan fingerprint density at radius 2 is 2.00 bits per heavy atom. The topological polar surface area (TPSA) is 17.1 Å². The molecular formula is C15H14O. The van der Waals surface area contributed by atoms with Gasteiger partial charge in [0.2, 0.25) is 0 Å². The molecule has 0 heterocycles. The van der Waals surface area contributed by atoms with Crippen LogP contribution in [0.1, 0.15) is 28.4 Å². The third-order valence-corrected chi connectivity index (χ3v) is 2.86. The van der Waals surface area contributed by atoms with E-state index < -0.39 is 0 Å². The van der Waals surface area contributed by atoms with Crippen molar-refractivity contribution >= 4 is 11.4 Å². The van der Waals surface area contributed by atoms with Crippen LogP contribution in [-0.4, -0.2) is 5.78 Å². The van der Waals surface area contributed by atoms with Crippen molar-refractivity contribution in [1.29, 1.82) is 0 Å². The second-order valence-electron chi connectivity index (χ2n) is 3.86. The van der Waals surface area contributed by atoms with Gasteiger partial charge in [-0.05, 0) is 30.5 Å². The molecule has 0 N–H and O–H groups in total. The molecule has 1 aromatic rings. The zero-order valence-corrected chi connectivity index (χ0v) is 9.58. The van der Waals surface area contributed by atoms with Crippen LogP contribution in [0.4, 0.5) is 0 Å². The molecule has 1 aromatic carbocycles. The van der Waals surface area contributed by atoms with E-state index in [2.05, 4.69) is 6.58 Å². The lowest BCUT2D eigenvalue weighted by Gasteiger charge is -2.04. The standard InChI is InChI=1S/C15H14O/c1-4-7-12-11(5-2)15(16)13-9-6-8-10(3)14(12)13/h4-9H,2H2,1,3H3/b7-4-. The summed E-state index contributed by atoms with van der Waals surface area (Å²) in [6.07, 6.45) is 5.58. The third kappa shape index (κ3) is 1.36. The van der Waals surface area contributed by atoms with Gasteiger partial charge < -0.3 is 0 Å². The summed E-state index contributed by atoms with van der Waals surface area (Å²) < 4.78 is 0. The minimum atomic E-state index is 0.0850. The van der Waals surface area contributed by atoms with Crippen LogP contribution < -0.4 is 0 Å². The molecule has 0 aromatic heterocycles. The zero-order chi connectivity index (χ0) is 11.7. The summed E-state index contributed by atoms with van der Waals surface area (Å²) in [6, 6.07) is 5.83. The van der Waals surface area contributed by atoms with Crippen molar-refractivity contribution in [3.8, 4) is 0 Å². The van der Waals surface area contributed by atoms with Crippen molar-refractivity contribution in [3.63, 3.8) is 0 Å². The maximum absolute atomic E-state index is 12.1. The Kier molecular flexibility index (Phi) is 2.61. The minimum Gasteiger partial charge on any atom is -0.289 e. The van der Waals surface area contributed by atoms with Crippen LogP contribution in [0.2, 0.25) is 0 Å². The first-order chi connectivity index (χ1) is 7.70. The van der Waals surface area contributed by atoms with Crippen LogP contribution >= 0.6 is 0 Å². The SMILES string of the molecule is C=CC1=C(/C=C\C)c2c(C)cccc2C1=O. The molecule has 1 aliphatic rings. The van der Waals surface area contributed by atoms with Gasteiger partial charge in [-0.3, -0.25) is 4.79 Å². The van der Waals surface area contributed by atoms with Crippen molar-refractivity contribution < 1.29 is 4.79 Å². The molecule has 16 heavy (non-hydrogen) atoms. The van der Waals surface area contributed by atoms with Crippen LogP contribution in [0, 0.1) is 6.92 Å². The highest BCUT2D eigenvalue weighted by molar-refractivity contribution is 6.23. The molecular weight excluding hydrogens is 196 g/mol. The van der Waals surface area contributed by atoms with Gasteiger partial charge in [0.05, 0.1) is 0 Å². The van der Waals surface area contributed by atoms with Crippen molar-refractivity contribution in [3.05, 3.63) is 65.3 Å². The van der Waals surface area contributed by atoms with Gasteiger partial charge in [0, 0.05) is 11.1 Å². The smallest absolute Gasteiger partial charge is 0.194 e. The lowest BCUT2D eigenvalue weighted by Crippen LogP contribution is -1.96. The summed E-state index contributed by atoms with van der Waals surface area (Å²) in [6.45, 7) is 7.71. The number of hydrogen-bond acceptors (Lipinski definition) is 1. The van der Waals surface area contributed by atoms with Crippen molar-refractivity contribution in [2.75, 3.05) is 0 Å². The molecule has 1 aliphatic carbocycles. The second kappa shape index (κ2) is 3.93. The summed E-state index contributed by atoms with van der Waals surface area (Å²) in [7, 11) is 0. The zero-order valence-electron chi connectivity index (χ0n) is 9.58. The second-order valence-corrected chi connectivity index (χ2v) is 3.86. The summed E-state index contributed by atoms with van der Waals surface area (Å²) >= 11 is 0. The van der Waals surface area contributed by atoms with E-state index in [1.54, 1.807) is 6.08 Å². The molecule has 0 atom stereocenters. The Bertz CT molecular complexity index is 530. The first kappa shape index (κ1) is 10.6. The van der Waals surface area contributed by atoms with E-state index >= 15 is 0 Å². The third-order valence-electron chi connectivity index (χ3n) is 2.86. The van der Waals surface area contributed by atoms with Crippen LogP contribution in [0.25, 0.3) is 5.57 Å². The maximum Gasteiger partial charge on any atom is 0.194 e. The van der Waals surface area contributed by atoms with E-state index in [1.807, 2.05) is 44.2 Å². The Balaban J connectivity index is 2.78. The van der Waals surface area contributed by atoms with E-state index in [4.69, 9.17) is 0 Å². The number of benzene rings is 1. The van der Waals surface area contributed by atoms with E-state index in [0.29, 0.717) is 5.57 Å². The molecule has 0 aliphatic heterocycles. The molecule has 0 fully saturated rings. The van der Waals surface area contributed by atoms with E-state index in [-0.39, 0.29) is 5.78 Å². The molecule has 0 saturated carbocycles. The Morgan fingerprint density at radius 3 is 2.62 bits per heavy atom. The highest BCUT2D eigenvalue weighted by Crippen LogP contribution is 2.36. The summed E-state index contributed by atoms with van der Waals surface area (Å²) in [5.74, 6) is 0.0850. The van der Waals surface area contributed by atoms with Gasteiger partial charge in [-0.15, -0.1) is 0 Å². The molecule has 0 amide bonds. The monoisotopic (exact) mass is 210 g/mol. The van der Waals surface area contributed by atoms with Gasteiger partial charge in [0.25, 0.3) is 0 Å². The van der Waals surface area contributed by atoms with E-state index in [9.17, 15) is 4.79 Å². The van der Waals surface area contributed by atoms with Gasteiger partial charge >= 0.3 is 0 Å². The largest absolute Gasteiger partial charge is 0.289 e. The first-order valence-electron chi connectivity index (χ1n) is 5.34. The normalized spacial score (nSPS) is 14.8. The molecule has 1 nitrogen and oxygen atoms in total. The summed E-state index contributed by atoms with van der Waals surface area (Å²) in [5, 5.41) is 0. The molecule has 80 valence electrons. The number of hydrogen-bond donors (Lipinski definition) is 0. The van der Waals surface area contributed by atoms with Crippen LogP contribution in [-0.2, 0) is 0 Å². The van der Waals surface area contributed by atoms with Gasteiger partial charge in [-0.1, -0.05) is 43.0 Å². The number of carbonyl (C=O) groups is 1. The molecule has 0 bridgehead atoms. The Hall–Kier alpha value is -1.89. The van der Waals surface area contributed by atoms with Crippen LogP contribution in [0.5, 0.6) is 0 Å². The average molecular weight is 210 g/mol. The fourth-order valence-electron chi connectivity index (χ4n) is 2.16. The van der Waals surface area contributed by atoms with Gasteiger partial charge in [-0.25, -0.2) is 0 Å². The number of Topliss-reactive ketones (excluding diaryl/α,β-unsaturated/α-hetero) is 1. The lowest BCUT2D eigenvalue weighted by molar-refractivity contribution is 0.104. The quantitative estimate of drug-likeness (QED) is 0.727. The van der Waals surface area contributed by atoms with Crippen molar-refractivity contribution in [2.24, 2.45) is 0 Å². The van der Waals surface area contributed by atoms with Crippen LogP contribution in [0.15, 0.2) is 48.6 Å². The minimum absolute atomic E-state index is 0.0850. The molecule has 2 rings (SSSR count). The highest BCUT2D eigenvalue weighted by Gasteiger charge is 2.27. The number of ketones is 1. The Labute approximate surface area is 95.8 Å². The van der Waals surface area contributed by atoms with E-state index in [0.717, 1.165) is 22.3 Å². The van der Waals surface area contributed by atoms with Crippen molar-refractivity contribution in [1.82, 2.24) is 0 Å². The van der Waals surface area contributed by atoms with Gasteiger partial charge in [0.15, 0.2) is 5.78 Å². The molecule has 1 heteroatoms. The number of rotatable bonds is 2. The highest BCUT2D eigenvalue weighted by atomic mass is 16.1. The molecule has 0 spiro atoms. The molecule has 0 unspecified atom stereocenters. The number of allylic oxidation sites excluding steroid dienone is 5. The molecule has 0 saturated heterocycles. The van der Waals surface area contributed by atoms with Crippen molar-refractivity contribution in [2.45, 2.75) is 13.8 Å². The average Bonchev–Trinajstić information content (AvgIpc) is 2.54. The summed E-state index contributed by atoms with van der Waals surface area (Å²) in [5.41, 5.74) is 4.69. The predicted molar refractivity (Wildman–Crippen MR) is 67.4 cm³/mol. The maximum atomic E-state index is 12.1. The fourth-order valence-corrected chi connectivity index (χ4v) is 2.16. The lowest BCUT2D eigenvalue weighted by atomic mass is 9.99. The van der Waals surface area contributed by atoms with Gasteiger partial charge in [-0.2, -0.15) is 0 Å². The van der Waals surface area contributed by atoms with Gasteiger partial charge in [0.1, 0.15) is 0 Å². The number of aryl methyl sites for hydroxylation is 1. The van der Waals surface area contributed by atoms with Crippen LogP contribution in [0.3, 0.4) is 0 Å². The Morgan fingerprint density at radius 1 is 1.25 bits per heavy atom. The predicted octanol–water partition coefficient (Wildman–Crippen LogP) is 3.71. The van der Waals surface area contributed by atoms with E-state index in [1.165, 1.54) is 0 Å². The number of fused-ring (bicyclic) bond motifs is 1.